The predicted octanol–water partition coefficient (Wildman–Crippen LogP) is 0.305. The molecule has 0 aromatic heterocycles. The maximum absolute atomic E-state index is 11.1. The molecule has 0 saturated carbocycles. The molecule has 0 unspecified atom stereocenters. The molecule has 16 heavy (non-hydrogen) atoms. The van der Waals surface area contributed by atoms with Crippen LogP contribution < -0.4 is 0 Å². The average molecular weight is 251 g/mol. The minimum absolute atomic E-state index is 0.150. The van der Waals surface area contributed by atoms with Crippen molar-refractivity contribution in [3.8, 4) is 0 Å². The number of hydrogen-bond acceptors (Lipinski definition) is 5. The predicted molar refractivity (Wildman–Crippen MR) is 63.1 cm³/mol. The first-order chi connectivity index (χ1) is 7.26. The van der Waals surface area contributed by atoms with Crippen LogP contribution in [0.1, 0.15) is 20.3 Å². The summed E-state index contributed by atoms with van der Waals surface area (Å²) in [4.78, 5) is 13.0. The highest BCUT2D eigenvalue weighted by atomic mass is 32.2. The molecule has 0 radical (unpaired) electrons. The molecule has 0 spiro atoms. The van der Waals surface area contributed by atoms with E-state index in [0.29, 0.717) is 13.0 Å². The second-order valence-corrected chi connectivity index (χ2v) is 6.38. The van der Waals surface area contributed by atoms with Crippen LogP contribution in [0.3, 0.4) is 0 Å². The van der Waals surface area contributed by atoms with Crippen LogP contribution in [0, 0.1) is 0 Å². The fourth-order valence-electron chi connectivity index (χ4n) is 1.28. The number of methoxy groups -OCH3 is 1. The molecule has 0 atom stereocenters. The van der Waals surface area contributed by atoms with E-state index < -0.39 is 9.84 Å². The van der Waals surface area contributed by atoms with Gasteiger partial charge in [0.2, 0.25) is 0 Å². The third-order valence-electron chi connectivity index (χ3n) is 2.25. The van der Waals surface area contributed by atoms with Gasteiger partial charge >= 0.3 is 5.97 Å². The SMILES string of the molecule is COC(=O)CN(CCCS(C)(=O)=O)C(C)C. The van der Waals surface area contributed by atoms with Crippen LogP contribution in [0.5, 0.6) is 0 Å². The zero-order valence-electron chi connectivity index (χ0n) is 10.4. The zero-order valence-corrected chi connectivity index (χ0v) is 11.2. The summed E-state index contributed by atoms with van der Waals surface area (Å²) in [7, 11) is -1.58. The fraction of sp³-hybridized carbons (Fsp3) is 0.900. The highest BCUT2D eigenvalue weighted by Crippen LogP contribution is 2.01. The monoisotopic (exact) mass is 251 g/mol. The summed E-state index contributed by atoms with van der Waals surface area (Å²) < 4.78 is 26.5. The maximum atomic E-state index is 11.1. The molecule has 96 valence electrons. The Morgan fingerprint density at radius 1 is 1.38 bits per heavy atom. The van der Waals surface area contributed by atoms with Crippen LogP contribution in [0.25, 0.3) is 0 Å². The Morgan fingerprint density at radius 3 is 2.31 bits per heavy atom. The molecule has 0 fully saturated rings. The quantitative estimate of drug-likeness (QED) is 0.609. The Balaban J connectivity index is 4.10. The molecule has 0 bridgehead atoms. The molecule has 0 N–H and O–H groups in total. The Kier molecular flexibility index (Phi) is 6.59. The van der Waals surface area contributed by atoms with Gasteiger partial charge in [-0.05, 0) is 26.8 Å². The van der Waals surface area contributed by atoms with Crippen molar-refractivity contribution in [2.45, 2.75) is 26.3 Å². The van der Waals surface area contributed by atoms with Crippen molar-refractivity contribution >= 4 is 15.8 Å². The van der Waals surface area contributed by atoms with Gasteiger partial charge in [0.15, 0.2) is 0 Å². The Labute approximate surface area is 97.7 Å². The van der Waals surface area contributed by atoms with E-state index in [1.54, 1.807) is 0 Å². The molecule has 6 heteroatoms. The minimum Gasteiger partial charge on any atom is -0.468 e. The van der Waals surface area contributed by atoms with E-state index in [1.807, 2.05) is 18.7 Å². The second kappa shape index (κ2) is 6.85. The molecular formula is C10H21NO4S. The molecule has 0 aromatic rings. The average Bonchev–Trinajstić information content (AvgIpc) is 2.13. The number of hydrogen-bond donors (Lipinski definition) is 0. The van der Waals surface area contributed by atoms with Gasteiger partial charge in [-0.15, -0.1) is 0 Å². The summed E-state index contributed by atoms with van der Waals surface area (Å²) >= 11 is 0. The molecule has 0 aromatic carbocycles. The topological polar surface area (TPSA) is 63.7 Å². The number of carbonyl (C=O) groups is 1. The van der Waals surface area contributed by atoms with Crippen LogP contribution in [0.2, 0.25) is 0 Å². The van der Waals surface area contributed by atoms with E-state index in [9.17, 15) is 13.2 Å². The lowest BCUT2D eigenvalue weighted by Crippen LogP contribution is -2.37. The first kappa shape index (κ1) is 15.4. The maximum Gasteiger partial charge on any atom is 0.319 e. The number of rotatable bonds is 7. The van der Waals surface area contributed by atoms with E-state index in [0.717, 1.165) is 0 Å². The third-order valence-corrected chi connectivity index (χ3v) is 3.28. The first-order valence-electron chi connectivity index (χ1n) is 5.25. The normalized spacial score (nSPS) is 12.1. The van der Waals surface area contributed by atoms with Gasteiger partial charge in [0.25, 0.3) is 0 Å². The minimum atomic E-state index is -2.92. The largest absolute Gasteiger partial charge is 0.468 e. The van der Waals surface area contributed by atoms with Crippen LogP contribution >= 0.6 is 0 Å². The highest BCUT2D eigenvalue weighted by Gasteiger charge is 2.14. The standard InChI is InChI=1S/C10H21NO4S/c1-9(2)11(8-10(12)15-3)6-5-7-16(4,13)14/h9H,5-8H2,1-4H3. The van der Waals surface area contributed by atoms with Gasteiger partial charge in [0.05, 0.1) is 19.4 Å². The zero-order chi connectivity index (χ0) is 12.8. The number of sulfone groups is 1. The lowest BCUT2D eigenvalue weighted by Gasteiger charge is -2.24. The van der Waals surface area contributed by atoms with Crippen LogP contribution in [-0.4, -0.2) is 57.5 Å². The fourth-order valence-corrected chi connectivity index (χ4v) is 1.93. The molecule has 0 rings (SSSR count). The molecular weight excluding hydrogens is 230 g/mol. The van der Waals surface area contributed by atoms with Gasteiger partial charge < -0.3 is 4.74 Å². The van der Waals surface area contributed by atoms with Crippen molar-refractivity contribution in [2.24, 2.45) is 0 Å². The summed E-state index contributed by atoms with van der Waals surface area (Å²) in [6.07, 6.45) is 1.75. The van der Waals surface area contributed by atoms with E-state index >= 15 is 0 Å². The van der Waals surface area contributed by atoms with Crippen molar-refractivity contribution in [2.75, 3.05) is 32.2 Å². The summed E-state index contributed by atoms with van der Waals surface area (Å²) in [6, 6.07) is 0.193. The van der Waals surface area contributed by atoms with Crippen molar-refractivity contribution in [1.29, 1.82) is 0 Å². The summed E-state index contributed by atoms with van der Waals surface area (Å²) in [5, 5.41) is 0. The van der Waals surface area contributed by atoms with Gasteiger partial charge in [-0.2, -0.15) is 0 Å². The molecule has 0 aliphatic carbocycles. The Bertz CT molecular complexity index is 311. The number of esters is 1. The van der Waals surface area contributed by atoms with Gasteiger partial charge in [-0.3, -0.25) is 9.69 Å². The van der Waals surface area contributed by atoms with Gasteiger partial charge in [0.1, 0.15) is 9.84 Å². The molecule has 0 saturated heterocycles. The van der Waals surface area contributed by atoms with E-state index in [-0.39, 0.29) is 24.3 Å². The molecule has 0 amide bonds. The molecule has 0 heterocycles. The second-order valence-electron chi connectivity index (χ2n) is 4.12. The smallest absolute Gasteiger partial charge is 0.319 e. The highest BCUT2D eigenvalue weighted by molar-refractivity contribution is 7.90. The lowest BCUT2D eigenvalue weighted by atomic mass is 10.3. The Hall–Kier alpha value is -0.620. The number of carbonyl (C=O) groups excluding carboxylic acids is 1. The van der Waals surface area contributed by atoms with Crippen LogP contribution in [0.15, 0.2) is 0 Å². The van der Waals surface area contributed by atoms with Crippen LogP contribution in [0.4, 0.5) is 0 Å². The van der Waals surface area contributed by atoms with Crippen molar-refractivity contribution in [1.82, 2.24) is 4.90 Å². The molecule has 0 aliphatic heterocycles. The summed E-state index contributed by atoms with van der Waals surface area (Å²) in [5.41, 5.74) is 0. The lowest BCUT2D eigenvalue weighted by molar-refractivity contribution is -0.142. The summed E-state index contributed by atoms with van der Waals surface area (Å²) in [6.45, 7) is 4.71. The third kappa shape index (κ3) is 7.64. The van der Waals surface area contributed by atoms with Gasteiger partial charge in [-0.1, -0.05) is 0 Å². The van der Waals surface area contributed by atoms with Gasteiger partial charge in [0, 0.05) is 12.3 Å². The molecule has 5 nitrogen and oxygen atoms in total. The van der Waals surface area contributed by atoms with Crippen molar-refractivity contribution in [3.05, 3.63) is 0 Å². The Morgan fingerprint density at radius 2 is 1.94 bits per heavy atom. The summed E-state index contributed by atoms with van der Waals surface area (Å²) in [5.74, 6) is -0.148. The molecule has 0 aliphatic rings. The first-order valence-corrected chi connectivity index (χ1v) is 7.31. The van der Waals surface area contributed by atoms with Crippen molar-refractivity contribution in [3.63, 3.8) is 0 Å². The van der Waals surface area contributed by atoms with Crippen molar-refractivity contribution < 1.29 is 17.9 Å². The van der Waals surface area contributed by atoms with Crippen LogP contribution in [-0.2, 0) is 19.4 Å². The van der Waals surface area contributed by atoms with E-state index in [2.05, 4.69) is 4.74 Å². The van der Waals surface area contributed by atoms with Gasteiger partial charge in [-0.25, -0.2) is 8.42 Å². The van der Waals surface area contributed by atoms with E-state index in [1.165, 1.54) is 13.4 Å². The number of nitrogens with zero attached hydrogens (tertiary/aromatic N) is 1. The number of ether oxygens (including phenoxy) is 1. The van der Waals surface area contributed by atoms with E-state index in [4.69, 9.17) is 0 Å².